The quantitative estimate of drug-likeness (QED) is 0.741. The van der Waals surface area contributed by atoms with Gasteiger partial charge < -0.3 is 9.84 Å². The maximum Gasteiger partial charge on any atom is 0.471 e. The molecule has 3 aromatic rings. The van der Waals surface area contributed by atoms with Gasteiger partial charge in [0, 0.05) is 17.0 Å². The van der Waals surface area contributed by atoms with E-state index in [1.807, 2.05) is 0 Å². The first-order chi connectivity index (χ1) is 12.9. The van der Waals surface area contributed by atoms with E-state index in [-0.39, 0.29) is 17.6 Å². The van der Waals surface area contributed by atoms with Crippen LogP contribution in [0.1, 0.15) is 18.7 Å². The van der Waals surface area contributed by atoms with E-state index in [9.17, 15) is 18.0 Å². The number of benzene rings is 1. The lowest BCUT2D eigenvalue weighted by molar-refractivity contribution is -0.159. The standard InChI is InChI=1S/C18H13F3N4O2/c19-18(20,21)17-24-15(25-27-17)11-6-4-10(5-7-11)13-2-1-3-14(22-13)23-16(26)12-8-9-12/h1-7,12H,8-9H2,(H,22,23,26). The number of nitrogens with one attached hydrogen (secondary N) is 1. The van der Waals surface area contributed by atoms with E-state index in [1.165, 1.54) is 0 Å². The molecule has 1 aliphatic carbocycles. The highest BCUT2D eigenvalue weighted by Crippen LogP contribution is 2.31. The van der Waals surface area contributed by atoms with Crippen molar-refractivity contribution in [3.05, 3.63) is 48.4 Å². The lowest BCUT2D eigenvalue weighted by Gasteiger charge is -2.06. The number of hydrogen-bond acceptors (Lipinski definition) is 5. The molecule has 1 fully saturated rings. The predicted octanol–water partition coefficient (Wildman–Crippen LogP) is 4.17. The van der Waals surface area contributed by atoms with Gasteiger partial charge in [-0.2, -0.15) is 18.2 Å². The van der Waals surface area contributed by atoms with Crippen LogP contribution in [0.4, 0.5) is 19.0 Å². The van der Waals surface area contributed by atoms with Crippen LogP contribution in [0.5, 0.6) is 0 Å². The van der Waals surface area contributed by atoms with E-state index in [2.05, 4.69) is 25.0 Å². The smallest absolute Gasteiger partial charge is 0.329 e. The molecular weight excluding hydrogens is 361 g/mol. The summed E-state index contributed by atoms with van der Waals surface area (Å²) in [7, 11) is 0. The molecule has 9 heteroatoms. The first-order valence-corrected chi connectivity index (χ1v) is 8.20. The van der Waals surface area contributed by atoms with Crippen LogP contribution in [0.3, 0.4) is 0 Å². The Morgan fingerprint density at radius 2 is 1.74 bits per heavy atom. The van der Waals surface area contributed by atoms with Crippen LogP contribution < -0.4 is 5.32 Å². The van der Waals surface area contributed by atoms with Crippen molar-refractivity contribution in [2.24, 2.45) is 5.92 Å². The number of carbonyl (C=O) groups excluding carboxylic acids is 1. The zero-order chi connectivity index (χ0) is 19.0. The summed E-state index contributed by atoms with van der Waals surface area (Å²) in [5, 5.41) is 6.13. The second-order valence-electron chi connectivity index (χ2n) is 6.17. The number of halogens is 3. The van der Waals surface area contributed by atoms with Crippen LogP contribution in [0.15, 0.2) is 47.0 Å². The average molecular weight is 374 g/mol. The van der Waals surface area contributed by atoms with Gasteiger partial charge in [-0.25, -0.2) is 4.98 Å². The molecule has 0 aliphatic heterocycles. The lowest BCUT2D eigenvalue weighted by atomic mass is 10.1. The Kier molecular flexibility index (Phi) is 4.14. The van der Waals surface area contributed by atoms with Crippen molar-refractivity contribution in [1.29, 1.82) is 0 Å². The van der Waals surface area contributed by atoms with Crippen molar-refractivity contribution in [1.82, 2.24) is 15.1 Å². The molecule has 0 atom stereocenters. The van der Waals surface area contributed by atoms with Gasteiger partial charge in [0.1, 0.15) is 5.82 Å². The molecule has 1 aliphatic rings. The number of pyridine rings is 1. The molecule has 0 spiro atoms. The Morgan fingerprint density at radius 3 is 2.37 bits per heavy atom. The highest BCUT2D eigenvalue weighted by molar-refractivity contribution is 5.93. The molecule has 1 amide bonds. The Morgan fingerprint density at radius 1 is 1.04 bits per heavy atom. The second-order valence-corrected chi connectivity index (χ2v) is 6.17. The molecule has 138 valence electrons. The minimum Gasteiger partial charge on any atom is -0.329 e. The molecule has 1 aromatic carbocycles. The Labute approximate surface area is 151 Å². The van der Waals surface area contributed by atoms with Crippen LogP contribution in [0, 0.1) is 5.92 Å². The van der Waals surface area contributed by atoms with Gasteiger partial charge in [0.05, 0.1) is 5.69 Å². The minimum absolute atomic E-state index is 0.0347. The highest BCUT2D eigenvalue weighted by atomic mass is 19.4. The van der Waals surface area contributed by atoms with Crippen LogP contribution >= 0.6 is 0 Å². The maximum atomic E-state index is 12.5. The van der Waals surface area contributed by atoms with Crippen LogP contribution in [-0.4, -0.2) is 21.0 Å². The van der Waals surface area contributed by atoms with Gasteiger partial charge in [-0.15, -0.1) is 0 Å². The maximum absolute atomic E-state index is 12.5. The Balaban J connectivity index is 1.53. The third-order valence-electron chi connectivity index (χ3n) is 4.06. The first-order valence-electron chi connectivity index (χ1n) is 8.20. The van der Waals surface area contributed by atoms with Crippen molar-refractivity contribution < 1.29 is 22.5 Å². The molecule has 2 heterocycles. The Bertz CT molecular complexity index is 979. The predicted molar refractivity (Wildman–Crippen MR) is 89.3 cm³/mol. The van der Waals surface area contributed by atoms with Crippen molar-refractivity contribution in [3.8, 4) is 22.6 Å². The highest BCUT2D eigenvalue weighted by Gasteiger charge is 2.38. The fourth-order valence-electron chi connectivity index (χ4n) is 2.48. The SMILES string of the molecule is O=C(Nc1cccc(-c2ccc(-c3noc(C(F)(F)F)n3)cc2)n1)C1CC1. The number of aromatic nitrogens is 3. The summed E-state index contributed by atoms with van der Waals surface area (Å²) in [6.07, 6.45) is -2.88. The van der Waals surface area contributed by atoms with Crippen LogP contribution in [-0.2, 0) is 11.0 Å². The summed E-state index contributed by atoms with van der Waals surface area (Å²) in [5.41, 5.74) is 1.75. The summed E-state index contributed by atoms with van der Waals surface area (Å²) in [6, 6.07) is 11.8. The molecule has 1 N–H and O–H groups in total. The molecular formula is C18H13F3N4O2. The van der Waals surface area contributed by atoms with Crippen molar-refractivity contribution in [3.63, 3.8) is 0 Å². The number of nitrogens with zero attached hydrogens (tertiary/aromatic N) is 3. The number of carbonyl (C=O) groups is 1. The van der Waals surface area contributed by atoms with Gasteiger partial charge >= 0.3 is 12.1 Å². The summed E-state index contributed by atoms with van der Waals surface area (Å²) in [6.45, 7) is 0. The fourth-order valence-corrected chi connectivity index (χ4v) is 2.48. The molecule has 0 bridgehead atoms. The van der Waals surface area contributed by atoms with Crippen LogP contribution in [0.25, 0.3) is 22.6 Å². The average Bonchev–Trinajstić information content (AvgIpc) is 3.37. The number of amides is 1. The third kappa shape index (κ3) is 3.81. The molecule has 4 rings (SSSR count). The molecule has 27 heavy (non-hydrogen) atoms. The van der Waals surface area contributed by atoms with Crippen LogP contribution in [0.2, 0.25) is 0 Å². The molecule has 2 aromatic heterocycles. The summed E-state index contributed by atoms with van der Waals surface area (Å²) in [4.78, 5) is 19.6. The number of anilines is 1. The minimum atomic E-state index is -4.68. The summed E-state index contributed by atoms with van der Waals surface area (Å²) in [5.74, 6) is -1.03. The van der Waals surface area contributed by atoms with Crippen molar-refractivity contribution >= 4 is 11.7 Å². The second kappa shape index (κ2) is 6.49. The van der Waals surface area contributed by atoms with Gasteiger partial charge in [-0.1, -0.05) is 35.5 Å². The monoisotopic (exact) mass is 374 g/mol. The van der Waals surface area contributed by atoms with E-state index >= 15 is 0 Å². The molecule has 0 radical (unpaired) electrons. The van der Waals surface area contributed by atoms with E-state index in [0.717, 1.165) is 18.4 Å². The molecule has 0 saturated heterocycles. The van der Waals surface area contributed by atoms with Gasteiger partial charge in [0.15, 0.2) is 0 Å². The van der Waals surface area contributed by atoms with Crippen molar-refractivity contribution in [2.45, 2.75) is 19.0 Å². The topological polar surface area (TPSA) is 80.9 Å². The largest absolute Gasteiger partial charge is 0.471 e. The zero-order valence-electron chi connectivity index (χ0n) is 13.8. The molecule has 6 nitrogen and oxygen atoms in total. The van der Waals surface area contributed by atoms with Crippen molar-refractivity contribution in [2.75, 3.05) is 5.32 Å². The van der Waals surface area contributed by atoms with Gasteiger partial charge in [-0.3, -0.25) is 4.79 Å². The summed E-state index contributed by atoms with van der Waals surface area (Å²) >= 11 is 0. The first kappa shape index (κ1) is 17.2. The number of hydrogen-bond donors (Lipinski definition) is 1. The van der Waals surface area contributed by atoms with E-state index in [4.69, 9.17) is 0 Å². The lowest BCUT2D eigenvalue weighted by Crippen LogP contribution is -2.14. The normalized spacial score (nSPS) is 14.2. The third-order valence-corrected chi connectivity index (χ3v) is 4.06. The Hall–Kier alpha value is -3.23. The summed E-state index contributed by atoms with van der Waals surface area (Å²) < 4.78 is 41.9. The zero-order valence-corrected chi connectivity index (χ0v) is 13.8. The van der Waals surface area contributed by atoms with E-state index in [1.54, 1.807) is 42.5 Å². The fraction of sp³-hybridized carbons (Fsp3) is 0.222. The van der Waals surface area contributed by atoms with Gasteiger partial charge in [0.2, 0.25) is 11.7 Å². The van der Waals surface area contributed by atoms with E-state index < -0.39 is 12.1 Å². The molecule has 1 saturated carbocycles. The molecule has 0 unspecified atom stereocenters. The van der Waals surface area contributed by atoms with Gasteiger partial charge in [-0.05, 0) is 25.0 Å². The van der Waals surface area contributed by atoms with Gasteiger partial charge in [0.25, 0.3) is 0 Å². The number of rotatable bonds is 4. The number of alkyl halides is 3. The van der Waals surface area contributed by atoms with E-state index in [0.29, 0.717) is 17.1 Å².